The molecule has 0 bridgehead atoms. The summed E-state index contributed by atoms with van der Waals surface area (Å²) in [6, 6.07) is 18.1. The Balaban J connectivity index is 2.28. The fraction of sp³-hybridized carbons (Fsp3) is 0.235. The SMILES string of the molecule is C[C@@H](C(=O)c1ccccc1)[C@@H](C[N+](=O)[O-])c1ccccc1. The van der Waals surface area contributed by atoms with E-state index in [0.717, 1.165) is 5.56 Å². The average molecular weight is 283 g/mol. The van der Waals surface area contributed by atoms with Crippen molar-refractivity contribution in [2.24, 2.45) is 5.92 Å². The highest BCUT2D eigenvalue weighted by Gasteiger charge is 2.30. The monoisotopic (exact) mass is 283 g/mol. The number of rotatable bonds is 6. The minimum Gasteiger partial charge on any atom is -0.294 e. The van der Waals surface area contributed by atoms with Gasteiger partial charge in [0.25, 0.3) is 0 Å². The molecule has 0 radical (unpaired) electrons. The predicted octanol–water partition coefficient (Wildman–Crippen LogP) is 3.57. The summed E-state index contributed by atoms with van der Waals surface area (Å²) in [5.74, 6) is -0.930. The third-order valence-corrected chi connectivity index (χ3v) is 3.65. The first kappa shape index (κ1) is 14.9. The Kier molecular flexibility index (Phi) is 4.82. The highest BCUT2D eigenvalue weighted by atomic mass is 16.6. The second kappa shape index (κ2) is 6.79. The number of nitrogens with zero attached hydrogens (tertiary/aromatic N) is 1. The smallest absolute Gasteiger partial charge is 0.211 e. The maximum Gasteiger partial charge on any atom is 0.211 e. The second-order valence-electron chi connectivity index (χ2n) is 5.05. The van der Waals surface area contributed by atoms with E-state index in [1.165, 1.54) is 0 Å². The van der Waals surface area contributed by atoms with Gasteiger partial charge in [0.15, 0.2) is 5.78 Å². The summed E-state index contributed by atoms with van der Waals surface area (Å²) in [6.45, 7) is 1.51. The van der Waals surface area contributed by atoms with Crippen LogP contribution in [0.25, 0.3) is 0 Å². The van der Waals surface area contributed by atoms with Crippen LogP contribution in [0, 0.1) is 16.0 Å². The lowest BCUT2D eigenvalue weighted by molar-refractivity contribution is -0.484. The van der Waals surface area contributed by atoms with Gasteiger partial charge in [0, 0.05) is 16.4 Å². The minimum absolute atomic E-state index is 0.0636. The van der Waals surface area contributed by atoms with Crippen molar-refractivity contribution < 1.29 is 9.72 Å². The van der Waals surface area contributed by atoms with Crippen molar-refractivity contribution in [1.29, 1.82) is 0 Å². The molecule has 21 heavy (non-hydrogen) atoms. The van der Waals surface area contributed by atoms with Crippen LogP contribution in [0.1, 0.15) is 28.8 Å². The molecule has 0 aliphatic heterocycles. The fourth-order valence-corrected chi connectivity index (χ4v) is 2.46. The Morgan fingerprint density at radius 1 is 1.05 bits per heavy atom. The van der Waals surface area contributed by atoms with Crippen LogP contribution in [0.3, 0.4) is 0 Å². The number of hydrogen-bond acceptors (Lipinski definition) is 3. The normalized spacial score (nSPS) is 13.4. The highest BCUT2D eigenvalue weighted by molar-refractivity contribution is 5.98. The molecule has 4 nitrogen and oxygen atoms in total. The molecule has 2 aromatic carbocycles. The molecule has 108 valence electrons. The Morgan fingerprint density at radius 2 is 1.57 bits per heavy atom. The first-order chi connectivity index (χ1) is 10.1. The van der Waals surface area contributed by atoms with E-state index < -0.39 is 11.8 Å². The molecule has 0 amide bonds. The lowest BCUT2D eigenvalue weighted by Crippen LogP contribution is -2.25. The first-order valence-electron chi connectivity index (χ1n) is 6.85. The van der Waals surface area contributed by atoms with Crippen molar-refractivity contribution in [3.63, 3.8) is 0 Å². The Labute approximate surface area is 123 Å². The summed E-state index contributed by atoms with van der Waals surface area (Å²) in [5, 5.41) is 10.9. The van der Waals surface area contributed by atoms with Gasteiger partial charge in [-0.3, -0.25) is 14.9 Å². The summed E-state index contributed by atoms with van der Waals surface area (Å²) < 4.78 is 0. The van der Waals surface area contributed by atoms with Crippen LogP contribution in [0.2, 0.25) is 0 Å². The highest BCUT2D eigenvalue weighted by Crippen LogP contribution is 2.27. The van der Waals surface area contributed by atoms with Crippen molar-refractivity contribution in [2.75, 3.05) is 6.54 Å². The zero-order valence-electron chi connectivity index (χ0n) is 11.8. The van der Waals surface area contributed by atoms with Crippen LogP contribution in [-0.2, 0) is 0 Å². The fourth-order valence-electron chi connectivity index (χ4n) is 2.46. The van der Waals surface area contributed by atoms with Gasteiger partial charge in [0.05, 0.1) is 5.92 Å². The molecule has 2 aromatic rings. The van der Waals surface area contributed by atoms with E-state index in [9.17, 15) is 14.9 Å². The van der Waals surface area contributed by atoms with Crippen LogP contribution in [-0.4, -0.2) is 17.3 Å². The molecule has 0 fully saturated rings. The largest absolute Gasteiger partial charge is 0.294 e. The van der Waals surface area contributed by atoms with E-state index >= 15 is 0 Å². The van der Waals surface area contributed by atoms with Gasteiger partial charge in [-0.1, -0.05) is 67.6 Å². The maximum atomic E-state index is 12.5. The van der Waals surface area contributed by atoms with Gasteiger partial charge < -0.3 is 0 Å². The number of carbonyl (C=O) groups is 1. The number of hydrogen-bond donors (Lipinski definition) is 0. The quantitative estimate of drug-likeness (QED) is 0.462. The Morgan fingerprint density at radius 3 is 2.10 bits per heavy atom. The van der Waals surface area contributed by atoms with Crippen LogP contribution in [0.4, 0.5) is 0 Å². The number of Topliss-reactive ketones (excluding diaryl/α,β-unsaturated/α-hetero) is 1. The van der Waals surface area contributed by atoms with Crippen molar-refractivity contribution in [3.05, 3.63) is 81.9 Å². The van der Waals surface area contributed by atoms with E-state index in [1.807, 2.05) is 36.4 Å². The van der Waals surface area contributed by atoms with Crippen molar-refractivity contribution in [2.45, 2.75) is 12.8 Å². The van der Waals surface area contributed by atoms with E-state index in [-0.39, 0.29) is 17.3 Å². The molecule has 0 N–H and O–H groups in total. The van der Waals surface area contributed by atoms with Crippen LogP contribution in [0.15, 0.2) is 60.7 Å². The third kappa shape index (κ3) is 3.75. The van der Waals surface area contributed by atoms with Crippen molar-refractivity contribution in [3.8, 4) is 0 Å². The van der Waals surface area contributed by atoms with E-state index in [1.54, 1.807) is 31.2 Å². The number of ketones is 1. The van der Waals surface area contributed by atoms with Gasteiger partial charge >= 0.3 is 0 Å². The summed E-state index contributed by atoms with van der Waals surface area (Å²) in [6.07, 6.45) is 0. The van der Waals surface area contributed by atoms with Gasteiger partial charge in [-0.15, -0.1) is 0 Å². The maximum absolute atomic E-state index is 12.5. The average Bonchev–Trinajstić information content (AvgIpc) is 2.53. The predicted molar refractivity (Wildman–Crippen MR) is 81.0 cm³/mol. The second-order valence-corrected chi connectivity index (χ2v) is 5.05. The lowest BCUT2D eigenvalue weighted by Gasteiger charge is -2.20. The molecule has 0 spiro atoms. The standard InChI is InChI=1S/C17H17NO3/c1-13(17(19)15-10-6-3-7-11-15)16(12-18(20)21)14-8-4-2-5-9-14/h2-11,13,16H,12H2,1H3/t13-,16-/m1/s1. The van der Waals surface area contributed by atoms with Gasteiger partial charge in [-0.2, -0.15) is 0 Å². The summed E-state index contributed by atoms with van der Waals surface area (Å²) in [7, 11) is 0. The Hall–Kier alpha value is -2.49. The summed E-state index contributed by atoms with van der Waals surface area (Å²) >= 11 is 0. The zero-order valence-corrected chi connectivity index (χ0v) is 11.8. The molecular formula is C17H17NO3. The van der Waals surface area contributed by atoms with Crippen LogP contribution >= 0.6 is 0 Å². The summed E-state index contributed by atoms with van der Waals surface area (Å²) in [5.41, 5.74) is 1.42. The summed E-state index contributed by atoms with van der Waals surface area (Å²) in [4.78, 5) is 23.1. The molecule has 2 rings (SSSR count). The van der Waals surface area contributed by atoms with Gasteiger partial charge in [-0.05, 0) is 5.56 Å². The van der Waals surface area contributed by atoms with Gasteiger partial charge in [0.2, 0.25) is 6.54 Å². The van der Waals surface area contributed by atoms with E-state index in [2.05, 4.69) is 0 Å². The zero-order chi connectivity index (χ0) is 15.2. The molecule has 0 aromatic heterocycles. The van der Waals surface area contributed by atoms with E-state index in [0.29, 0.717) is 5.56 Å². The van der Waals surface area contributed by atoms with Gasteiger partial charge in [-0.25, -0.2) is 0 Å². The van der Waals surface area contributed by atoms with Crippen LogP contribution in [0.5, 0.6) is 0 Å². The van der Waals surface area contributed by atoms with Crippen molar-refractivity contribution in [1.82, 2.24) is 0 Å². The minimum atomic E-state index is -0.444. The van der Waals surface area contributed by atoms with Crippen LogP contribution < -0.4 is 0 Å². The molecule has 4 heteroatoms. The Bertz CT molecular complexity index is 610. The molecule has 0 saturated carbocycles. The van der Waals surface area contributed by atoms with Gasteiger partial charge in [0.1, 0.15) is 0 Å². The number of nitro groups is 1. The topological polar surface area (TPSA) is 60.2 Å². The number of carbonyl (C=O) groups excluding carboxylic acids is 1. The number of benzene rings is 2. The van der Waals surface area contributed by atoms with E-state index in [4.69, 9.17) is 0 Å². The first-order valence-corrected chi connectivity index (χ1v) is 6.85. The molecule has 0 heterocycles. The molecular weight excluding hydrogens is 266 g/mol. The third-order valence-electron chi connectivity index (χ3n) is 3.65. The molecule has 0 aliphatic carbocycles. The van der Waals surface area contributed by atoms with Crippen molar-refractivity contribution >= 4 is 5.78 Å². The lowest BCUT2D eigenvalue weighted by atomic mass is 9.82. The molecule has 0 aliphatic rings. The molecule has 2 atom stereocenters. The molecule has 0 saturated heterocycles. The molecule has 0 unspecified atom stereocenters.